The SMILES string of the molecule is CCOC(=O)C1CNCCN1Cc1cc(Cl)ccc1OC. The molecule has 0 spiro atoms. The first-order valence-electron chi connectivity index (χ1n) is 7.09. The van der Waals surface area contributed by atoms with Gasteiger partial charge in [-0.05, 0) is 25.1 Å². The average molecular weight is 313 g/mol. The van der Waals surface area contributed by atoms with Crippen molar-refractivity contribution < 1.29 is 14.3 Å². The summed E-state index contributed by atoms with van der Waals surface area (Å²) in [5, 5.41) is 3.89. The predicted octanol–water partition coefficient (Wildman–Crippen LogP) is 1.69. The highest BCUT2D eigenvalue weighted by atomic mass is 35.5. The van der Waals surface area contributed by atoms with Crippen molar-refractivity contribution in [2.75, 3.05) is 33.4 Å². The van der Waals surface area contributed by atoms with Crippen LogP contribution in [-0.4, -0.2) is 50.3 Å². The Bertz CT molecular complexity index is 496. The second kappa shape index (κ2) is 7.64. The van der Waals surface area contributed by atoms with E-state index in [9.17, 15) is 4.79 Å². The Kier molecular flexibility index (Phi) is 5.85. The molecule has 1 saturated heterocycles. The molecule has 1 N–H and O–H groups in total. The number of esters is 1. The van der Waals surface area contributed by atoms with Crippen molar-refractivity contribution >= 4 is 17.6 Å². The van der Waals surface area contributed by atoms with Gasteiger partial charge in [-0.3, -0.25) is 9.69 Å². The molecular weight excluding hydrogens is 292 g/mol. The Morgan fingerprint density at radius 1 is 1.52 bits per heavy atom. The fourth-order valence-electron chi connectivity index (χ4n) is 2.50. The summed E-state index contributed by atoms with van der Waals surface area (Å²) in [6, 6.07) is 5.25. The van der Waals surface area contributed by atoms with E-state index in [1.807, 2.05) is 19.1 Å². The Balaban J connectivity index is 2.15. The maximum atomic E-state index is 12.1. The number of carbonyl (C=O) groups excluding carboxylic acids is 1. The number of hydrogen-bond acceptors (Lipinski definition) is 5. The predicted molar refractivity (Wildman–Crippen MR) is 81.7 cm³/mol. The van der Waals surface area contributed by atoms with Gasteiger partial charge < -0.3 is 14.8 Å². The molecule has 6 heteroatoms. The molecule has 1 heterocycles. The molecule has 0 amide bonds. The first kappa shape index (κ1) is 16.1. The van der Waals surface area contributed by atoms with Crippen LogP contribution in [0.3, 0.4) is 0 Å². The lowest BCUT2D eigenvalue weighted by molar-refractivity contribution is -0.150. The van der Waals surface area contributed by atoms with E-state index in [1.165, 1.54) is 0 Å². The summed E-state index contributed by atoms with van der Waals surface area (Å²) in [5.74, 6) is 0.589. The van der Waals surface area contributed by atoms with Crippen LogP contribution in [-0.2, 0) is 16.1 Å². The number of piperazine rings is 1. The van der Waals surface area contributed by atoms with Gasteiger partial charge in [0, 0.05) is 36.8 Å². The quantitative estimate of drug-likeness (QED) is 0.839. The summed E-state index contributed by atoms with van der Waals surface area (Å²) >= 11 is 6.06. The van der Waals surface area contributed by atoms with Crippen LogP contribution >= 0.6 is 11.6 Å². The van der Waals surface area contributed by atoms with Crippen molar-refractivity contribution in [3.8, 4) is 5.75 Å². The second-order valence-electron chi connectivity index (χ2n) is 4.90. The van der Waals surface area contributed by atoms with Gasteiger partial charge in [-0.25, -0.2) is 0 Å². The first-order valence-corrected chi connectivity index (χ1v) is 7.47. The molecule has 2 rings (SSSR count). The van der Waals surface area contributed by atoms with Crippen molar-refractivity contribution in [3.63, 3.8) is 0 Å². The molecule has 116 valence electrons. The third-order valence-corrected chi connectivity index (χ3v) is 3.76. The summed E-state index contributed by atoms with van der Waals surface area (Å²) in [6.45, 7) is 5.04. The molecule has 0 aliphatic carbocycles. The maximum absolute atomic E-state index is 12.1. The standard InChI is InChI=1S/C15H21ClN2O3/c1-3-21-15(19)13-9-17-6-7-18(13)10-11-8-12(16)4-5-14(11)20-2/h4-5,8,13,17H,3,6-7,9-10H2,1-2H3. The van der Waals surface area contributed by atoms with Crippen molar-refractivity contribution in [2.24, 2.45) is 0 Å². The number of nitrogens with one attached hydrogen (secondary N) is 1. The van der Waals surface area contributed by atoms with Crippen molar-refractivity contribution in [1.82, 2.24) is 10.2 Å². The van der Waals surface area contributed by atoms with Crippen LogP contribution < -0.4 is 10.1 Å². The first-order chi connectivity index (χ1) is 10.2. The number of carbonyl (C=O) groups is 1. The zero-order valence-corrected chi connectivity index (χ0v) is 13.2. The lowest BCUT2D eigenvalue weighted by atomic mass is 10.1. The van der Waals surface area contributed by atoms with E-state index in [2.05, 4.69) is 10.2 Å². The number of benzene rings is 1. The minimum Gasteiger partial charge on any atom is -0.496 e. The Labute approximate surface area is 130 Å². The zero-order valence-electron chi connectivity index (χ0n) is 12.4. The summed E-state index contributed by atoms with van der Waals surface area (Å²) in [7, 11) is 1.63. The van der Waals surface area contributed by atoms with E-state index in [1.54, 1.807) is 13.2 Å². The van der Waals surface area contributed by atoms with Crippen LogP contribution in [0.4, 0.5) is 0 Å². The highest BCUT2D eigenvalue weighted by Gasteiger charge is 2.30. The van der Waals surface area contributed by atoms with E-state index in [4.69, 9.17) is 21.1 Å². The number of rotatable bonds is 5. The molecule has 1 aromatic rings. The zero-order chi connectivity index (χ0) is 15.2. The largest absolute Gasteiger partial charge is 0.496 e. The van der Waals surface area contributed by atoms with Crippen LogP contribution in [0.15, 0.2) is 18.2 Å². The Morgan fingerprint density at radius 3 is 3.05 bits per heavy atom. The number of methoxy groups -OCH3 is 1. The number of hydrogen-bond donors (Lipinski definition) is 1. The minimum atomic E-state index is -0.276. The average Bonchev–Trinajstić information content (AvgIpc) is 2.48. The van der Waals surface area contributed by atoms with Gasteiger partial charge in [0.1, 0.15) is 11.8 Å². The van der Waals surface area contributed by atoms with Crippen LogP contribution in [0.2, 0.25) is 5.02 Å². The lowest BCUT2D eigenvalue weighted by Gasteiger charge is -2.34. The summed E-state index contributed by atoms with van der Waals surface area (Å²) in [4.78, 5) is 14.2. The maximum Gasteiger partial charge on any atom is 0.324 e. The summed E-state index contributed by atoms with van der Waals surface area (Å²) in [6.07, 6.45) is 0. The van der Waals surface area contributed by atoms with Crippen molar-refractivity contribution in [3.05, 3.63) is 28.8 Å². The van der Waals surface area contributed by atoms with Crippen LogP contribution in [0.5, 0.6) is 5.75 Å². The fraction of sp³-hybridized carbons (Fsp3) is 0.533. The molecule has 1 unspecified atom stereocenters. The Hall–Kier alpha value is -1.30. The monoisotopic (exact) mass is 312 g/mol. The van der Waals surface area contributed by atoms with Crippen molar-refractivity contribution in [1.29, 1.82) is 0 Å². The van der Waals surface area contributed by atoms with Crippen LogP contribution in [0.1, 0.15) is 12.5 Å². The van der Waals surface area contributed by atoms with E-state index in [0.717, 1.165) is 24.4 Å². The third-order valence-electron chi connectivity index (χ3n) is 3.53. The molecule has 0 bridgehead atoms. The van der Waals surface area contributed by atoms with Gasteiger partial charge in [0.2, 0.25) is 0 Å². The molecule has 1 aromatic carbocycles. The topological polar surface area (TPSA) is 50.8 Å². The van der Waals surface area contributed by atoms with E-state index in [-0.39, 0.29) is 12.0 Å². The number of halogens is 1. The molecule has 1 atom stereocenters. The molecule has 5 nitrogen and oxygen atoms in total. The third kappa shape index (κ3) is 4.09. The van der Waals surface area contributed by atoms with Crippen LogP contribution in [0.25, 0.3) is 0 Å². The molecule has 1 aliphatic rings. The number of ether oxygens (including phenoxy) is 2. The highest BCUT2D eigenvalue weighted by Crippen LogP contribution is 2.25. The smallest absolute Gasteiger partial charge is 0.324 e. The molecular formula is C15H21ClN2O3. The Morgan fingerprint density at radius 2 is 2.33 bits per heavy atom. The normalized spacial score (nSPS) is 19.3. The van der Waals surface area contributed by atoms with Gasteiger partial charge in [0.15, 0.2) is 0 Å². The van der Waals surface area contributed by atoms with E-state index >= 15 is 0 Å². The lowest BCUT2D eigenvalue weighted by Crippen LogP contribution is -2.54. The fourth-order valence-corrected chi connectivity index (χ4v) is 2.69. The van der Waals surface area contributed by atoms with Gasteiger partial charge in [0.25, 0.3) is 0 Å². The van der Waals surface area contributed by atoms with E-state index < -0.39 is 0 Å². The number of nitrogens with zero attached hydrogens (tertiary/aromatic N) is 1. The molecule has 1 fully saturated rings. The second-order valence-corrected chi connectivity index (χ2v) is 5.34. The van der Waals surface area contributed by atoms with Crippen LogP contribution in [0, 0.1) is 0 Å². The summed E-state index contributed by atoms with van der Waals surface area (Å²) in [5.41, 5.74) is 0.973. The summed E-state index contributed by atoms with van der Waals surface area (Å²) < 4.78 is 10.5. The van der Waals surface area contributed by atoms with Gasteiger partial charge >= 0.3 is 5.97 Å². The van der Waals surface area contributed by atoms with E-state index in [0.29, 0.717) is 24.7 Å². The van der Waals surface area contributed by atoms with Gasteiger partial charge in [0.05, 0.1) is 13.7 Å². The molecule has 0 saturated carbocycles. The van der Waals surface area contributed by atoms with Crippen molar-refractivity contribution in [2.45, 2.75) is 19.5 Å². The molecule has 0 radical (unpaired) electrons. The molecule has 21 heavy (non-hydrogen) atoms. The minimum absolute atomic E-state index is 0.189. The van der Waals surface area contributed by atoms with Gasteiger partial charge in [-0.1, -0.05) is 11.6 Å². The molecule has 1 aliphatic heterocycles. The highest BCUT2D eigenvalue weighted by molar-refractivity contribution is 6.30. The van der Waals surface area contributed by atoms with Gasteiger partial charge in [-0.2, -0.15) is 0 Å². The molecule has 0 aromatic heterocycles. The van der Waals surface area contributed by atoms with Gasteiger partial charge in [-0.15, -0.1) is 0 Å².